The van der Waals surface area contributed by atoms with Crippen molar-refractivity contribution >= 4 is 0 Å². The molecule has 0 amide bonds. The maximum absolute atomic E-state index is 6.44. The lowest BCUT2D eigenvalue weighted by Gasteiger charge is -2.35. The fraction of sp³-hybridized carbons (Fsp3) is 1.00. The van der Waals surface area contributed by atoms with Gasteiger partial charge >= 0.3 is 0 Å². The summed E-state index contributed by atoms with van der Waals surface area (Å²) in [7, 11) is 0. The Balaban J connectivity index is 1.70. The van der Waals surface area contributed by atoms with E-state index in [9.17, 15) is 0 Å². The molecule has 0 aromatic rings. The van der Waals surface area contributed by atoms with Crippen LogP contribution in [-0.4, -0.2) is 17.7 Å². The molecule has 0 radical (unpaired) electrons. The highest BCUT2D eigenvalue weighted by Crippen LogP contribution is 2.83. The Morgan fingerprint density at radius 3 is 2.75 bits per heavy atom. The third-order valence-electron chi connectivity index (χ3n) is 6.40. The van der Waals surface area contributed by atoms with Crippen molar-refractivity contribution in [1.29, 1.82) is 0 Å². The highest BCUT2D eigenvalue weighted by Gasteiger charge is 2.87. The molecule has 3 unspecified atom stereocenters. The summed E-state index contributed by atoms with van der Waals surface area (Å²) in [5.74, 6) is 3.42. The van der Waals surface area contributed by atoms with Gasteiger partial charge in [0.15, 0.2) is 0 Å². The minimum absolute atomic E-state index is 0.236. The van der Waals surface area contributed by atoms with Crippen molar-refractivity contribution in [2.75, 3.05) is 0 Å². The summed E-state index contributed by atoms with van der Waals surface area (Å²) in [4.78, 5) is 0. The molecule has 16 heavy (non-hydrogen) atoms. The van der Waals surface area contributed by atoms with E-state index in [0.717, 1.165) is 23.7 Å². The number of fused-ring (bicyclic) bond motifs is 3. The van der Waals surface area contributed by atoms with E-state index in [2.05, 4.69) is 20.8 Å². The van der Waals surface area contributed by atoms with Crippen LogP contribution >= 0.6 is 0 Å². The van der Waals surface area contributed by atoms with Gasteiger partial charge in [0.1, 0.15) is 0 Å². The number of ether oxygens (including phenoxy) is 1. The van der Waals surface area contributed by atoms with Gasteiger partial charge in [-0.25, -0.2) is 0 Å². The van der Waals surface area contributed by atoms with E-state index in [1.54, 1.807) is 0 Å². The maximum atomic E-state index is 6.44. The van der Waals surface area contributed by atoms with E-state index < -0.39 is 0 Å². The Bertz CT molecular complexity index is 355. The van der Waals surface area contributed by atoms with Crippen LogP contribution in [0.1, 0.15) is 40.0 Å². The maximum Gasteiger partial charge on any atom is 0.0957 e. The van der Waals surface area contributed by atoms with Gasteiger partial charge in [-0.15, -0.1) is 0 Å². The first-order valence-electron chi connectivity index (χ1n) is 6.95. The van der Waals surface area contributed by atoms with Gasteiger partial charge in [0.2, 0.25) is 0 Å². The van der Waals surface area contributed by atoms with Crippen LogP contribution in [0.25, 0.3) is 0 Å². The van der Waals surface area contributed by atoms with Gasteiger partial charge in [0.05, 0.1) is 11.7 Å². The SMILES string of the molecule is CC(C)[C@H]1CC[C@H](N)[C@]23CC4O[C@@]4(C)C2C13. The average molecular weight is 221 g/mol. The molecule has 4 aliphatic rings. The zero-order valence-electron chi connectivity index (χ0n) is 10.6. The molecule has 7 atom stereocenters. The molecule has 3 aliphatic carbocycles. The van der Waals surface area contributed by atoms with Gasteiger partial charge in [-0.1, -0.05) is 13.8 Å². The monoisotopic (exact) mass is 221 g/mol. The molecule has 90 valence electrons. The van der Waals surface area contributed by atoms with Crippen LogP contribution in [0.3, 0.4) is 0 Å². The Hall–Kier alpha value is -0.0800. The van der Waals surface area contributed by atoms with Crippen LogP contribution < -0.4 is 5.73 Å². The number of hydrogen-bond acceptors (Lipinski definition) is 2. The third kappa shape index (κ3) is 0.830. The molecular weight excluding hydrogens is 198 g/mol. The summed E-state index contributed by atoms with van der Waals surface area (Å²) in [6.07, 6.45) is 4.43. The van der Waals surface area contributed by atoms with Crippen LogP contribution in [0.15, 0.2) is 0 Å². The van der Waals surface area contributed by atoms with Crippen molar-refractivity contribution in [3.63, 3.8) is 0 Å². The quantitative estimate of drug-likeness (QED) is 0.689. The molecule has 1 saturated heterocycles. The predicted octanol–water partition coefficient (Wildman–Crippen LogP) is 2.17. The minimum atomic E-state index is 0.236. The fourth-order valence-electron chi connectivity index (χ4n) is 5.60. The van der Waals surface area contributed by atoms with Crippen LogP contribution in [0.4, 0.5) is 0 Å². The Morgan fingerprint density at radius 1 is 1.31 bits per heavy atom. The first-order chi connectivity index (χ1) is 7.52. The summed E-state index contributed by atoms with van der Waals surface area (Å²) in [6.45, 7) is 7.10. The smallest absolute Gasteiger partial charge is 0.0957 e. The highest BCUT2D eigenvalue weighted by molar-refractivity contribution is 5.35. The third-order valence-corrected chi connectivity index (χ3v) is 6.40. The molecule has 1 aliphatic heterocycles. The topological polar surface area (TPSA) is 38.5 Å². The molecule has 1 spiro atoms. The van der Waals surface area contributed by atoms with E-state index in [1.165, 1.54) is 19.3 Å². The second kappa shape index (κ2) is 2.51. The van der Waals surface area contributed by atoms with Crippen molar-refractivity contribution in [3.05, 3.63) is 0 Å². The van der Waals surface area contributed by atoms with E-state index in [0.29, 0.717) is 17.6 Å². The minimum Gasteiger partial charge on any atom is -0.366 e. The second-order valence-electron chi connectivity index (χ2n) is 7.20. The zero-order chi connectivity index (χ0) is 11.3. The highest BCUT2D eigenvalue weighted by atomic mass is 16.6. The largest absolute Gasteiger partial charge is 0.366 e. The summed E-state index contributed by atoms with van der Waals surface area (Å²) < 4.78 is 5.90. The van der Waals surface area contributed by atoms with Crippen LogP contribution in [0, 0.1) is 29.1 Å². The van der Waals surface area contributed by atoms with E-state index in [1.807, 2.05) is 0 Å². The van der Waals surface area contributed by atoms with Gasteiger partial charge in [-0.2, -0.15) is 0 Å². The predicted molar refractivity (Wildman–Crippen MR) is 62.8 cm³/mol. The molecule has 2 nitrogen and oxygen atoms in total. The number of epoxide rings is 1. The Kier molecular flexibility index (Phi) is 1.55. The van der Waals surface area contributed by atoms with Gasteiger partial charge in [-0.3, -0.25) is 0 Å². The first kappa shape index (κ1) is 9.90. The van der Waals surface area contributed by atoms with Gasteiger partial charge in [0, 0.05) is 12.0 Å². The van der Waals surface area contributed by atoms with E-state index in [4.69, 9.17) is 10.5 Å². The lowest BCUT2D eigenvalue weighted by Crippen LogP contribution is -2.39. The van der Waals surface area contributed by atoms with E-state index in [-0.39, 0.29) is 5.60 Å². The lowest BCUT2D eigenvalue weighted by atomic mass is 9.72. The molecule has 2 N–H and O–H groups in total. The summed E-state index contributed by atoms with van der Waals surface area (Å²) in [5.41, 5.74) is 7.19. The zero-order valence-corrected chi connectivity index (χ0v) is 10.6. The molecule has 4 fully saturated rings. The van der Waals surface area contributed by atoms with Crippen molar-refractivity contribution in [2.24, 2.45) is 34.8 Å². The second-order valence-corrected chi connectivity index (χ2v) is 7.20. The lowest BCUT2D eigenvalue weighted by molar-refractivity contribution is 0.156. The van der Waals surface area contributed by atoms with E-state index >= 15 is 0 Å². The molecule has 4 rings (SSSR count). The average Bonchev–Trinajstić information content (AvgIpc) is 3.03. The molecule has 0 aromatic carbocycles. The molecule has 1 heterocycles. The van der Waals surface area contributed by atoms with Crippen molar-refractivity contribution in [3.8, 4) is 0 Å². The molecule has 0 aromatic heterocycles. The fourth-order valence-corrected chi connectivity index (χ4v) is 5.60. The van der Waals surface area contributed by atoms with Crippen LogP contribution in [-0.2, 0) is 4.74 Å². The van der Waals surface area contributed by atoms with Crippen LogP contribution in [0.2, 0.25) is 0 Å². The Labute approximate surface area is 97.9 Å². The van der Waals surface area contributed by atoms with Gasteiger partial charge < -0.3 is 10.5 Å². The van der Waals surface area contributed by atoms with Crippen molar-refractivity contribution in [1.82, 2.24) is 0 Å². The Morgan fingerprint density at radius 2 is 2.06 bits per heavy atom. The van der Waals surface area contributed by atoms with Crippen molar-refractivity contribution < 1.29 is 4.74 Å². The molecular formula is C14H23NO. The standard InChI is InChI=1S/C14H23NO/c1-7(2)8-4-5-9(15)14-6-10-13(3,16-10)12(14)11(8)14/h7-12H,4-6,15H2,1-3H3/t8-,9+,10?,11?,12?,13-,14+/m1/s1. The van der Waals surface area contributed by atoms with Crippen molar-refractivity contribution in [2.45, 2.75) is 57.8 Å². The van der Waals surface area contributed by atoms with Gasteiger partial charge in [0.25, 0.3) is 0 Å². The summed E-state index contributed by atoms with van der Waals surface area (Å²) in [6, 6.07) is 0.464. The normalized spacial score (nSPS) is 66.2. The molecule has 2 heteroatoms. The number of hydrogen-bond donors (Lipinski definition) is 1. The number of rotatable bonds is 1. The van der Waals surface area contributed by atoms with Crippen LogP contribution in [0.5, 0.6) is 0 Å². The molecule has 3 saturated carbocycles. The molecule has 0 bridgehead atoms. The summed E-state index contributed by atoms with van der Waals surface area (Å²) >= 11 is 0. The summed E-state index contributed by atoms with van der Waals surface area (Å²) in [5, 5.41) is 0. The number of nitrogens with two attached hydrogens (primary N) is 1. The first-order valence-corrected chi connectivity index (χ1v) is 6.95. The van der Waals surface area contributed by atoms with Gasteiger partial charge in [-0.05, 0) is 49.4 Å².